The number of benzene rings is 1. The molecule has 1 aromatic carbocycles. The summed E-state index contributed by atoms with van der Waals surface area (Å²) in [5.74, 6) is 0. The second kappa shape index (κ2) is 4.18. The summed E-state index contributed by atoms with van der Waals surface area (Å²) in [6.45, 7) is 5.84. The second-order valence-corrected chi connectivity index (χ2v) is 3.69. The second-order valence-electron chi connectivity index (χ2n) is 3.69. The Hall–Kier alpha value is -1.76. The maximum atomic E-state index is 3.68. The van der Waals surface area contributed by atoms with Gasteiger partial charge in [-0.05, 0) is 30.2 Å². The average Bonchev–Trinajstić information content (AvgIpc) is 2.26. The molecule has 1 N–H and O–H groups in total. The molecule has 0 radical (unpaired) electrons. The first kappa shape index (κ1) is 9.78. The van der Waals surface area contributed by atoms with Crippen molar-refractivity contribution in [3.63, 3.8) is 0 Å². The monoisotopic (exact) mass is 197 g/mol. The normalized spacial score (nSPS) is 19.3. The lowest BCUT2D eigenvalue weighted by Crippen LogP contribution is -2.20. The Morgan fingerprint density at radius 2 is 2.13 bits per heavy atom. The summed E-state index contributed by atoms with van der Waals surface area (Å²) in [7, 11) is 0. The molecular formula is C14H15N. The van der Waals surface area contributed by atoms with Gasteiger partial charge < -0.3 is 5.32 Å². The lowest BCUT2D eigenvalue weighted by atomic mass is 9.98. The highest BCUT2D eigenvalue weighted by atomic mass is 14.9. The lowest BCUT2D eigenvalue weighted by molar-refractivity contribution is 0.948. The van der Waals surface area contributed by atoms with Crippen LogP contribution in [0.1, 0.15) is 12.5 Å². The molecule has 1 nitrogen and oxygen atoms in total. The lowest BCUT2D eigenvalue weighted by Gasteiger charge is -2.23. The molecule has 1 heterocycles. The SMILES string of the molecule is C=C/C=C\C1=Cc2ccccc2NC1C. The molecule has 0 bridgehead atoms. The van der Waals surface area contributed by atoms with Crippen molar-refractivity contribution in [1.29, 1.82) is 0 Å². The van der Waals surface area contributed by atoms with Crippen molar-refractivity contribution < 1.29 is 0 Å². The standard InChI is InChI=1S/C14H15N/c1-3-4-7-12-10-13-8-5-6-9-14(13)15-11(12)2/h3-11,15H,1H2,2H3/b7-4-. The molecule has 0 aliphatic carbocycles. The van der Waals surface area contributed by atoms with Gasteiger partial charge in [0.2, 0.25) is 0 Å². The third kappa shape index (κ3) is 2.01. The first-order valence-electron chi connectivity index (χ1n) is 5.17. The van der Waals surface area contributed by atoms with Crippen LogP contribution >= 0.6 is 0 Å². The number of rotatable bonds is 2. The van der Waals surface area contributed by atoms with E-state index >= 15 is 0 Å². The third-order valence-electron chi connectivity index (χ3n) is 2.58. The van der Waals surface area contributed by atoms with Crippen LogP contribution in [0.15, 0.2) is 54.6 Å². The molecule has 15 heavy (non-hydrogen) atoms. The molecule has 0 saturated heterocycles. The molecule has 1 aliphatic rings. The number of hydrogen-bond donors (Lipinski definition) is 1. The maximum absolute atomic E-state index is 3.68. The fourth-order valence-corrected chi connectivity index (χ4v) is 1.75. The van der Waals surface area contributed by atoms with Gasteiger partial charge in [-0.1, -0.05) is 43.0 Å². The minimum absolute atomic E-state index is 0.357. The summed E-state index contributed by atoms with van der Waals surface area (Å²) < 4.78 is 0. The van der Waals surface area contributed by atoms with Gasteiger partial charge in [0.15, 0.2) is 0 Å². The van der Waals surface area contributed by atoms with E-state index in [1.807, 2.05) is 6.08 Å². The van der Waals surface area contributed by atoms with Crippen LogP contribution in [0.25, 0.3) is 6.08 Å². The first-order chi connectivity index (χ1) is 7.31. The van der Waals surface area contributed by atoms with Gasteiger partial charge in [0.1, 0.15) is 0 Å². The third-order valence-corrected chi connectivity index (χ3v) is 2.58. The largest absolute Gasteiger partial charge is 0.378 e. The molecule has 1 heteroatoms. The fourth-order valence-electron chi connectivity index (χ4n) is 1.75. The highest BCUT2D eigenvalue weighted by Crippen LogP contribution is 2.27. The molecule has 0 amide bonds. The van der Waals surface area contributed by atoms with E-state index in [2.05, 4.69) is 55.2 Å². The highest BCUT2D eigenvalue weighted by Gasteiger charge is 2.13. The van der Waals surface area contributed by atoms with Gasteiger partial charge in [0.25, 0.3) is 0 Å². The van der Waals surface area contributed by atoms with Gasteiger partial charge in [-0.2, -0.15) is 0 Å². The summed E-state index contributed by atoms with van der Waals surface area (Å²) in [6, 6.07) is 8.70. The molecule has 1 aliphatic heterocycles. The first-order valence-corrected chi connectivity index (χ1v) is 5.17. The Kier molecular flexibility index (Phi) is 2.72. The van der Waals surface area contributed by atoms with Crippen molar-refractivity contribution in [3.8, 4) is 0 Å². The summed E-state index contributed by atoms with van der Waals surface area (Å²) in [5, 5.41) is 3.46. The van der Waals surface area contributed by atoms with Crippen LogP contribution < -0.4 is 5.32 Å². The quantitative estimate of drug-likeness (QED) is 0.714. The Bertz CT molecular complexity index is 427. The zero-order chi connectivity index (χ0) is 10.7. The zero-order valence-electron chi connectivity index (χ0n) is 8.90. The molecule has 0 spiro atoms. The van der Waals surface area contributed by atoms with E-state index < -0.39 is 0 Å². The topological polar surface area (TPSA) is 12.0 Å². The number of anilines is 1. The van der Waals surface area contributed by atoms with E-state index in [-0.39, 0.29) is 0 Å². The minimum atomic E-state index is 0.357. The van der Waals surface area contributed by atoms with Gasteiger partial charge in [0.05, 0.1) is 0 Å². The van der Waals surface area contributed by atoms with Crippen LogP contribution in [0.4, 0.5) is 5.69 Å². The van der Waals surface area contributed by atoms with Gasteiger partial charge in [-0.15, -0.1) is 0 Å². The molecular weight excluding hydrogens is 182 g/mol. The van der Waals surface area contributed by atoms with Crippen LogP contribution in [0.3, 0.4) is 0 Å². The smallest absolute Gasteiger partial charge is 0.0486 e. The highest BCUT2D eigenvalue weighted by molar-refractivity contribution is 5.74. The van der Waals surface area contributed by atoms with Gasteiger partial charge in [0, 0.05) is 11.7 Å². The van der Waals surface area contributed by atoms with E-state index in [1.54, 1.807) is 6.08 Å². The van der Waals surface area contributed by atoms with Crippen LogP contribution in [0.5, 0.6) is 0 Å². The van der Waals surface area contributed by atoms with Crippen molar-refractivity contribution in [2.45, 2.75) is 13.0 Å². The number of para-hydroxylation sites is 1. The molecule has 1 unspecified atom stereocenters. The summed E-state index contributed by atoms with van der Waals surface area (Å²) >= 11 is 0. The Morgan fingerprint density at radius 3 is 2.93 bits per heavy atom. The Balaban J connectivity index is 2.38. The Morgan fingerprint density at radius 1 is 1.33 bits per heavy atom. The molecule has 0 aromatic heterocycles. The predicted octanol–water partition coefficient (Wildman–Crippen LogP) is 3.63. The molecule has 2 rings (SSSR count). The van der Waals surface area contributed by atoms with E-state index in [4.69, 9.17) is 0 Å². The average molecular weight is 197 g/mol. The van der Waals surface area contributed by atoms with E-state index in [9.17, 15) is 0 Å². The van der Waals surface area contributed by atoms with Gasteiger partial charge >= 0.3 is 0 Å². The molecule has 76 valence electrons. The predicted molar refractivity (Wildman–Crippen MR) is 66.8 cm³/mol. The molecule has 0 fully saturated rings. The van der Waals surface area contributed by atoms with Crippen LogP contribution in [0.2, 0.25) is 0 Å². The minimum Gasteiger partial charge on any atom is -0.378 e. The van der Waals surface area contributed by atoms with Crippen molar-refractivity contribution in [3.05, 3.63) is 60.2 Å². The number of nitrogens with one attached hydrogen (secondary N) is 1. The van der Waals surface area contributed by atoms with E-state index in [1.165, 1.54) is 16.8 Å². The van der Waals surface area contributed by atoms with Crippen molar-refractivity contribution in [2.75, 3.05) is 5.32 Å². The van der Waals surface area contributed by atoms with Crippen molar-refractivity contribution >= 4 is 11.8 Å². The van der Waals surface area contributed by atoms with Crippen LogP contribution in [-0.4, -0.2) is 6.04 Å². The van der Waals surface area contributed by atoms with Crippen molar-refractivity contribution in [1.82, 2.24) is 0 Å². The van der Waals surface area contributed by atoms with Gasteiger partial charge in [-0.25, -0.2) is 0 Å². The number of allylic oxidation sites excluding steroid dienone is 2. The summed E-state index contributed by atoms with van der Waals surface area (Å²) in [4.78, 5) is 0. The summed E-state index contributed by atoms with van der Waals surface area (Å²) in [5.41, 5.74) is 3.74. The fraction of sp³-hybridized carbons (Fsp3) is 0.143. The van der Waals surface area contributed by atoms with Crippen LogP contribution in [-0.2, 0) is 0 Å². The number of hydrogen-bond acceptors (Lipinski definition) is 1. The molecule has 1 atom stereocenters. The maximum Gasteiger partial charge on any atom is 0.0486 e. The Labute approximate surface area is 90.8 Å². The summed E-state index contributed by atoms with van der Waals surface area (Å²) in [6.07, 6.45) is 8.09. The molecule has 0 saturated carbocycles. The molecule has 1 aromatic rings. The van der Waals surface area contributed by atoms with Gasteiger partial charge in [-0.3, -0.25) is 0 Å². The van der Waals surface area contributed by atoms with Crippen molar-refractivity contribution in [2.24, 2.45) is 0 Å². The van der Waals surface area contributed by atoms with Crippen LogP contribution in [0, 0.1) is 0 Å². The number of fused-ring (bicyclic) bond motifs is 1. The van der Waals surface area contributed by atoms with E-state index in [0.717, 1.165) is 0 Å². The van der Waals surface area contributed by atoms with E-state index in [0.29, 0.717) is 6.04 Å². The zero-order valence-corrected chi connectivity index (χ0v) is 8.90.